The van der Waals surface area contributed by atoms with E-state index in [4.69, 9.17) is 18.9 Å². The van der Waals surface area contributed by atoms with Crippen LogP contribution in [0.4, 0.5) is 0 Å². The number of rotatable bonds is 15. The fraction of sp³-hybridized carbons (Fsp3) is 0.882. The Labute approximate surface area is 139 Å². The van der Waals surface area contributed by atoms with Crippen LogP contribution in [0, 0.1) is 0 Å². The lowest BCUT2D eigenvalue weighted by Crippen LogP contribution is -2.29. The molecule has 0 amide bonds. The average molecular weight is 332 g/mol. The number of methoxy groups -OCH3 is 1. The Morgan fingerprint density at radius 2 is 1.30 bits per heavy atom. The van der Waals surface area contributed by atoms with Crippen LogP contribution < -0.4 is 0 Å². The quantitative estimate of drug-likeness (QED) is 0.260. The highest BCUT2D eigenvalue weighted by atomic mass is 16.7. The van der Waals surface area contributed by atoms with Gasteiger partial charge in [0.25, 0.3) is 0 Å². The van der Waals surface area contributed by atoms with E-state index < -0.39 is 6.10 Å². The summed E-state index contributed by atoms with van der Waals surface area (Å²) < 4.78 is 20.5. The molecule has 0 fully saturated rings. The summed E-state index contributed by atoms with van der Waals surface area (Å²) in [7, 11) is 1.50. The molecule has 0 saturated heterocycles. The van der Waals surface area contributed by atoms with Crippen molar-refractivity contribution in [3.63, 3.8) is 0 Å². The van der Waals surface area contributed by atoms with Gasteiger partial charge in [-0.25, -0.2) is 0 Å². The maximum atomic E-state index is 11.6. The molecule has 0 atom stereocenters. The summed E-state index contributed by atoms with van der Waals surface area (Å²) in [5.74, 6) is -0.502. The van der Waals surface area contributed by atoms with Gasteiger partial charge in [-0.2, -0.15) is 0 Å². The zero-order chi connectivity index (χ0) is 17.3. The molecule has 6 heteroatoms. The van der Waals surface area contributed by atoms with Crippen molar-refractivity contribution in [2.24, 2.45) is 0 Å². The fourth-order valence-corrected chi connectivity index (χ4v) is 1.86. The lowest BCUT2D eigenvalue weighted by molar-refractivity contribution is -0.162. The molecule has 6 nitrogen and oxygen atoms in total. The van der Waals surface area contributed by atoms with Crippen molar-refractivity contribution in [1.82, 2.24) is 0 Å². The van der Waals surface area contributed by atoms with Crippen LogP contribution in [0.5, 0.6) is 0 Å². The summed E-state index contributed by atoms with van der Waals surface area (Å²) in [6, 6.07) is 0. The lowest BCUT2D eigenvalue weighted by atomic mass is 10.2. The second-order valence-electron chi connectivity index (χ2n) is 5.48. The Morgan fingerprint density at radius 1 is 0.826 bits per heavy atom. The molecule has 0 unspecified atom stereocenters. The van der Waals surface area contributed by atoms with Gasteiger partial charge in [0, 0.05) is 20.0 Å². The molecule has 0 bridgehead atoms. The topological polar surface area (TPSA) is 71.1 Å². The second-order valence-corrected chi connectivity index (χ2v) is 5.48. The molecule has 0 radical (unpaired) electrons. The number of unbranched alkanes of at least 4 members (excludes halogenated alkanes) is 4. The summed E-state index contributed by atoms with van der Waals surface area (Å²) in [5, 5.41) is 0. The van der Waals surface area contributed by atoms with Crippen molar-refractivity contribution in [2.75, 3.05) is 27.1 Å². The first-order valence-electron chi connectivity index (χ1n) is 8.55. The van der Waals surface area contributed by atoms with Gasteiger partial charge >= 0.3 is 11.9 Å². The van der Waals surface area contributed by atoms with Crippen LogP contribution in [0.3, 0.4) is 0 Å². The van der Waals surface area contributed by atoms with E-state index in [1.807, 2.05) is 0 Å². The van der Waals surface area contributed by atoms with E-state index in [2.05, 4.69) is 13.8 Å². The Hall–Kier alpha value is -1.14. The minimum absolute atomic E-state index is 0.0609. The van der Waals surface area contributed by atoms with Gasteiger partial charge < -0.3 is 18.9 Å². The monoisotopic (exact) mass is 332 g/mol. The highest BCUT2D eigenvalue weighted by Gasteiger charge is 2.15. The molecule has 0 aliphatic carbocycles. The third-order valence-electron chi connectivity index (χ3n) is 3.25. The van der Waals surface area contributed by atoms with E-state index in [1.165, 1.54) is 7.11 Å². The molecule has 0 aromatic rings. The van der Waals surface area contributed by atoms with Gasteiger partial charge in [0.1, 0.15) is 26.1 Å². The third-order valence-corrected chi connectivity index (χ3v) is 3.25. The van der Waals surface area contributed by atoms with E-state index >= 15 is 0 Å². The van der Waals surface area contributed by atoms with Crippen molar-refractivity contribution in [3.8, 4) is 0 Å². The van der Waals surface area contributed by atoms with Crippen molar-refractivity contribution in [2.45, 2.75) is 71.3 Å². The summed E-state index contributed by atoms with van der Waals surface area (Å²) in [6.45, 7) is 4.35. The van der Waals surface area contributed by atoms with Crippen molar-refractivity contribution in [3.05, 3.63) is 0 Å². The normalized spacial score (nSPS) is 10.8. The van der Waals surface area contributed by atoms with Crippen molar-refractivity contribution < 1.29 is 28.5 Å². The first kappa shape index (κ1) is 21.9. The SMILES string of the molecule is CCCCCC(=O)OCC(COC(=O)CCCCC)OCOC. The zero-order valence-corrected chi connectivity index (χ0v) is 14.8. The van der Waals surface area contributed by atoms with E-state index in [9.17, 15) is 9.59 Å². The van der Waals surface area contributed by atoms with E-state index in [-0.39, 0.29) is 31.9 Å². The van der Waals surface area contributed by atoms with Crippen LogP contribution in [-0.4, -0.2) is 45.2 Å². The van der Waals surface area contributed by atoms with E-state index in [0.29, 0.717) is 12.8 Å². The smallest absolute Gasteiger partial charge is 0.305 e. The number of hydrogen-bond donors (Lipinski definition) is 0. The van der Waals surface area contributed by atoms with Crippen LogP contribution in [-0.2, 0) is 28.5 Å². The van der Waals surface area contributed by atoms with Gasteiger partial charge in [0.05, 0.1) is 0 Å². The first-order chi connectivity index (χ1) is 11.1. The molecule has 136 valence electrons. The predicted octanol–water partition coefficient (Wildman–Crippen LogP) is 3.22. The first-order valence-corrected chi connectivity index (χ1v) is 8.55. The fourth-order valence-electron chi connectivity index (χ4n) is 1.86. The number of esters is 2. The molecule has 0 aromatic heterocycles. The largest absolute Gasteiger partial charge is 0.463 e. The van der Waals surface area contributed by atoms with E-state index in [0.717, 1.165) is 38.5 Å². The molecule has 0 aromatic carbocycles. The zero-order valence-electron chi connectivity index (χ0n) is 14.8. The molecule has 0 rings (SSSR count). The van der Waals surface area contributed by atoms with Gasteiger partial charge in [-0.15, -0.1) is 0 Å². The molecule has 0 N–H and O–H groups in total. The Balaban J connectivity index is 4.00. The number of hydrogen-bond acceptors (Lipinski definition) is 6. The molecule has 0 aliphatic heterocycles. The number of ether oxygens (including phenoxy) is 4. The van der Waals surface area contributed by atoms with Gasteiger partial charge in [-0.1, -0.05) is 39.5 Å². The van der Waals surface area contributed by atoms with Crippen LogP contribution in [0.1, 0.15) is 65.2 Å². The summed E-state index contributed by atoms with van der Waals surface area (Å²) in [4.78, 5) is 23.2. The van der Waals surface area contributed by atoms with Crippen molar-refractivity contribution in [1.29, 1.82) is 0 Å². The highest BCUT2D eigenvalue weighted by molar-refractivity contribution is 5.69. The minimum Gasteiger partial charge on any atom is -0.463 e. The summed E-state index contributed by atoms with van der Waals surface area (Å²) in [6.07, 6.45) is 6.09. The standard InChI is InChI=1S/C17H32O6/c1-4-6-8-10-16(18)21-12-15(23-14-20-3)13-22-17(19)11-9-7-5-2/h15H,4-14H2,1-3H3. The van der Waals surface area contributed by atoms with Gasteiger partial charge in [-0.05, 0) is 12.8 Å². The van der Waals surface area contributed by atoms with Gasteiger partial charge in [-0.3, -0.25) is 9.59 Å². The van der Waals surface area contributed by atoms with Crippen molar-refractivity contribution >= 4 is 11.9 Å². The van der Waals surface area contributed by atoms with Gasteiger partial charge in [0.15, 0.2) is 0 Å². The predicted molar refractivity (Wildman–Crippen MR) is 87.0 cm³/mol. The highest BCUT2D eigenvalue weighted by Crippen LogP contribution is 2.04. The summed E-state index contributed by atoms with van der Waals surface area (Å²) >= 11 is 0. The molecule has 0 aliphatic rings. The van der Waals surface area contributed by atoms with Gasteiger partial charge in [0.2, 0.25) is 0 Å². The van der Waals surface area contributed by atoms with Crippen LogP contribution in [0.2, 0.25) is 0 Å². The molecular formula is C17H32O6. The maximum absolute atomic E-state index is 11.6. The van der Waals surface area contributed by atoms with E-state index in [1.54, 1.807) is 0 Å². The Kier molecular flexibility index (Phi) is 15.0. The molecule has 23 heavy (non-hydrogen) atoms. The minimum atomic E-state index is -0.500. The molecule has 0 saturated carbocycles. The third kappa shape index (κ3) is 14.2. The second kappa shape index (κ2) is 15.7. The Bertz CT molecular complexity index is 279. The van der Waals surface area contributed by atoms with Crippen LogP contribution in [0.25, 0.3) is 0 Å². The summed E-state index contributed by atoms with van der Waals surface area (Å²) in [5.41, 5.74) is 0. The maximum Gasteiger partial charge on any atom is 0.305 e. The average Bonchev–Trinajstić information content (AvgIpc) is 2.54. The molecule has 0 heterocycles. The van der Waals surface area contributed by atoms with Crippen LogP contribution >= 0.6 is 0 Å². The molecule has 0 spiro atoms. The lowest BCUT2D eigenvalue weighted by Gasteiger charge is -2.17. The number of carbonyl (C=O) groups excluding carboxylic acids is 2. The Morgan fingerprint density at radius 3 is 1.70 bits per heavy atom. The number of carbonyl (C=O) groups is 2. The molecular weight excluding hydrogens is 300 g/mol. The van der Waals surface area contributed by atoms with Crippen LogP contribution in [0.15, 0.2) is 0 Å².